The highest BCUT2D eigenvalue weighted by Gasteiger charge is 2.32. The van der Waals surface area contributed by atoms with Crippen molar-refractivity contribution in [2.45, 2.75) is 31.9 Å². The molecule has 1 fully saturated rings. The summed E-state index contributed by atoms with van der Waals surface area (Å²) in [5.74, 6) is -0.814. The summed E-state index contributed by atoms with van der Waals surface area (Å²) in [7, 11) is 0. The first-order valence-electron chi connectivity index (χ1n) is 8.68. The number of carbonyl (C=O) groups excluding carboxylic acids is 2. The van der Waals surface area contributed by atoms with Gasteiger partial charge < -0.3 is 14.5 Å². The highest BCUT2D eigenvalue weighted by Crippen LogP contribution is 2.28. The second-order valence-electron chi connectivity index (χ2n) is 6.53. The standard InChI is InChI=1S/C21H19NO4/c1-13-16-9-5-6-10-17(16)25-18(13)21(24)26-19(14-7-3-2-4-8-14)20(23)22-15-11-12-15/h2-10,15,19H,11-12H2,1H3,(H,22,23)/t19-/m0/s1. The van der Waals surface area contributed by atoms with E-state index >= 15 is 0 Å². The molecule has 1 amide bonds. The van der Waals surface area contributed by atoms with Crippen LogP contribution in [0.1, 0.15) is 40.6 Å². The molecule has 1 aliphatic rings. The molecule has 132 valence electrons. The van der Waals surface area contributed by atoms with Crippen LogP contribution in [0.15, 0.2) is 59.0 Å². The van der Waals surface area contributed by atoms with Crippen LogP contribution in [0.25, 0.3) is 11.0 Å². The van der Waals surface area contributed by atoms with E-state index in [0.29, 0.717) is 16.7 Å². The molecule has 3 aromatic rings. The molecule has 1 aliphatic carbocycles. The molecule has 1 atom stereocenters. The predicted molar refractivity (Wildman–Crippen MR) is 96.7 cm³/mol. The Morgan fingerprint density at radius 2 is 1.77 bits per heavy atom. The molecule has 0 saturated heterocycles. The van der Waals surface area contributed by atoms with Crippen LogP contribution in [-0.2, 0) is 9.53 Å². The van der Waals surface area contributed by atoms with Crippen molar-refractivity contribution in [1.29, 1.82) is 0 Å². The number of furan rings is 1. The minimum atomic E-state index is -1.00. The van der Waals surface area contributed by atoms with Gasteiger partial charge in [0.15, 0.2) is 0 Å². The second-order valence-corrected chi connectivity index (χ2v) is 6.53. The number of hydrogen-bond donors (Lipinski definition) is 1. The van der Waals surface area contributed by atoms with Gasteiger partial charge in [-0.05, 0) is 25.8 Å². The number of para-hydroxylation sites is 1. The summed E-state index contributed by atoms with van der Waals surface area (Å²) in [6, 6.07) is 16.6. The van der Waals surface area contributed by atoms with E-state index in [0.717, 1.165) is 18.2 Å². The fourth-order valence-electron chi connectivity index (χ4n) is 2.93. The van der Waals surface area contributed by atoms with E-state index in [9.17, 15) is 9.59 Å². The maximum Gasteiger partial charge on any atom is 0.375 e. The molecule has 1 heterocycles. The Morgan fingerprint density at radius 1 is 1.08 bits per heavy atom. The maximum absolute atomic E-state index is 12.7. The van der Waals surface area contributed by atoms with E-state index in [1.165, 1.54) is 0 Å². The molecule has 5 nitrogen and oxygen atoms in total. The number of fused-ring (bicyclic) bond motifs is 1. The summed E-state index contributed by atoms with van der Waals surface area (Å²) in [6.45, 7) is 1.81. The molecule has 2 aromatic carbocycles. The number of amides is 1. The van der Waals surface area contributed by atoms with Gasteiger partial charge in [0.05, 0.1) is 0 Å². The van der Waals surface area contributed by atoms with E-state index in [1.807, 2.05) is 43.3 Å². The van der Waals surface area contributed by atoms with Gasteiger partial charge in [0.2, 0.25) is 11.9 Å². The third-order valence-electron chi connectivity index (χ3n) is 4.52. The van der Waals surface area contributed by atoms with E-state index in [1.54, 1.807) is 18.2 Å². The smallest absolute Gasteiger partial charge is 0.375 e. The highest BCUT2D eigenvalue weighted by atomic mass is 16.6. The van der Waals surface area contributed by atoms with Crippen LogP contribution in [0.2, 0.25) is 0 Å². The number of aryl methyl sites for hydroxylation is 1. The Bertz CT molecular complexity index is 957. The third-order valence-corrected chi connectivity index (χ3v) is 4.52. The number of ether oxygens (including phenoxy) is 1. The van der Waals surface area contributed by atoms with Crippen molar-refractivity contribution in [2.75, 3.05) is 0 Å². The Morgan fingerprint density at radius 3 is 2.46 bits per heavy atom. The molecule has 0 spiro atoms. The molecule has 0 bridgehead atoms. The summed E-state index contributed by atoms with van der Waals surface area (Å²) in [5.41, 5.74) is 1.96. The average Bonchev–Trinajstić information content (AvgIpc) is 3.42. The summed E-state index contributed by atoms with van der Waals surface area (Å²) in [5, 5.41) is 3.76. The van der Waals surface area contributed by atoms with Gasteiger partial charge in [0.25, 0.3) is 5.91 Å². The van der Waals surface area contributed by atoms with Gasteiger partial charge in [-0.15, -0.1) is 0 Å². The van der Waals surface area contributed by atoms with Gasteiger partial charge in [-0.1, -0.05) is 48.5 Å². The number of rotatable bonds is 5. The normalized spacial score (nSPS) is 14.8. The Balaban J connectivity index is 1.62. The van der Waals surface area contributed by atoms with Crippen LogP contribution in [0.3, 0.4) is 0 Å². The largest absolute Gasteiger partial charge is 0.449 e. The molecule has 1 N–H and O–H groups in total. The van der Waals surface area contributed by atoms with E-state index < -0.39 is 12.1 Å². The molecule has 5 heteroatoms. The zero-order chi connectivity index (χ0) is 18.1. The van der Waals surface area contributed by atoms with Crippen molar-refractivity contribution < 1.29 is 18.7 Å². The van der Waals surface area contributed by atoms with Crippen LogP contribution in [0, 0.1) is 6.92 Å². The second kappa shape index (κ2) is 6.67. The monoisotopic (exact) mass is 349 g/mol. The molecule has 1 saturated carbocycles. The third kappa shape index (κ3) is 3.20. The minimum absolute atomic E-state index is 0.131. The lowest BCUT2D eigenvalue weighted by Gasteiger charge is -2.17. The molecule has 0 aliphatic heterocycles. The van der Waals surface area contributed by atoms with Crippen LogP contribution in [0.5, 0.6) is 0 Å². The molecule has 4 rings (SSSR count). The van der Waals surface area contributed by atoms with Gasteiger partial charge in [-0.2, -0.15) is 0 Å². The average molecular weight is 349 g/mol. The van der Waals surface area contributed by atoms with E-state index in [4.69, 9.17) is 9.15 Å². The summed E-state index contributed by atoms with van der Waals surface area (Å²) in [4.78, 5) is 25.3. The van der Waals surface area contributed by atoms with Crippen LogP contribution < -0.4 is 5.32 Å². The summed E-state index contributed by atoms with van der Waals surface area (Å²) < 4.78 is 11.2. The van der Waals surface area contributed by atoms with Gasteiger partial charge >= 0.3 is 5.97 Å². The fraction of sp³-hybridized carbons (Fsp3) is 0.238. The minimum Gasteiger partial charge on any atom is -0.449 e. The lowest BCUT2D eigenvalue weighted by molar-refractivity contribution is -0.130. The van der Waals surface area contributed by atoms with Crippen LogP contribution in [0.4, 0.5) is 0 Å². The van der Waals surface area contributed by atoms with Crippen molar-refractivity contribution in [3.8, 4) is 0 Å². The van der Waals surface area contributed by atoms with Crippen LogP contribution in [-0.4, -0.2) is 17.9 Å². The Hall–Kier alpha value is -3.08. The zero-order valence-corrected chi connectivity index (χ0v) is 14.4. The number of hydrogen-bond acceptors (Lipinski definition) is 4. The maximum atomic E-state index is 12.7. The van der Waals surface area contributed by atoms with E-state index in [2.05, 4.69) is 5.32 Å². The molecule has 0 radical (unpaired) electrons. The first-order valence-corrected chi connectivity index (χ1v) is 8.68. The number of nitrogens with one attached hydrogen (secondary N) is 1. The van der Waals surface area contributed by atoms with Crippen molar-refractivity contribution >= 4 is 22.8 Å². The lowest BCUT2D eigenvalue weighted by atomic mass is 10.1. The first-order chi connectivity index (χ1) is 12.6. The topological polar surface area (TPSA) is 68.5 Å². The summed E-state index contributed by atoms with van der Waals surface area (Å²) >= 11 is 0. The molecule has 1 aromatic heterocycles. The SMILES string of the molecule is Cc1c(C(=O)O[C@H](C(=O)NC2CC2)c2ccccc2)oc2ccccc12. The van der Waals surface area contributed by atoms with E-state index in [-0.39, 0.29) is 17.7 Å². The predicted octanol–water partition coefficient (Wildman–Crippen LogP) is 3.92. The van der Waals surface area contributed by atoms with Crippen molar-refractivity contribution in [3.05, 3.63) is 71.5 Å². The van der Waals surface area contributed by atoms with Crippen molar-refractivity contribution in [1.82, 2.24) is 5.32 Å². The number of carbonyl (C=O) groups is 2. The first kappa shape index (κ1) is 16.4. The summed E-state index contributed by atoms with van der Waals surface area (Å²) in [6.07, 6.45) is 0.922. The molecule has 0 unspecified atom stereocenters. The molecular formula is C21H19NO4. The fourth-order valence-corrected chi connectivity index (χ4v) is 2.93. The van der Waals surface area contributed by atoms with Gasteiger partial charge in [-0.3, -0.25) is 4.79 Å². The van der Waals surface area contributed by atoms with Crippen LogP contribution >= 0.6 is 0 Å². The number of benzene rings is 2. The quantitative estimate of drug-likeness (QED) is 0.709. The molecule has 26 heavy (non-hydrogen) atoms. The van der Waals surface area contributed by atoms with Gasteiger partial charge in [0, 0.05) is 22.6 Å². The number of esters is 1. The zero-order valence-electron chi connectivity index (χ0n) is 14.4. The van der Waals surface area contributed by atoms with Gasteiger partial charge in [0.1, 0.15) is 5.58 Å². The lowest BCUT2D eigenvalue weighted by Crippen LogP contribution is -2.33. The highest BCUT2D eigenvalue weighted by molar-refractivity contribution is 5.97. The Kier molecular flexibility index (Phi) is 4.21. The van der Waals surface area contributed by atoms with Crippen molar-refractivity contribution in [3.63, 3.8) is 0 Å². The molecular weight excluding hydrogens is 330 g/mol. The van der Waals surface area contributed by atoms with Gasteiger partial charge in [-0.25, -0.2) is 4.79 Å². The van der Waals surface area contributed by atoms with Crippen molar-refractivity contribution in [2.24, 2.45) is 0 Å². The Labute approximate surface area is 150 Å².